The number of carbonyl (C=O) groups excluding carboxylic acids is 3. The molecule has 0 aromatic heterocycles. The van der Waals surface area contributed by atoms with Gasteiger partial charge in [-0.1, -0.05) is 20.8 Å². The van der Waals surface area contributed by atoms with Crippen molar-refractivity contribution in [3.05, 3.63) is 0 Å². The van der Waals surface area contributed by atoms with E-state index in [2.05, 4.69) is 25.7 Å². The smallest absolute Gasteiger partial charge is 0.410 e. The first-order valence-corrected chi connectivity index (χ1v) is 21.4. The van der Waals surface area contributed by atoms with E-state index in [1.165, 1.54) is 6.92 Å². The summed E-state index contributed by atoms with van der Waals surface area (Å²) in [6, 6.07) is 0. The maximum Gasteiger partial charge on any atom is 0.410 e. The largest absolute Gasteiger partial charge is 0.457 e. The van der Waals surface area contributed by atoms with Crippen LogP contribution in [0.4, 0.5) is 4.79 Å². The van der Waals surface area contributed by atoms with Gasteiger partial charge in [-0.3, -0.25) is 14.5 Å². The predicted octanol–water partition coefficient (Wildman–Crippen LogP) is 5.07. The summed E-state index contributed by atoms with van der Waals surface area (Å²) in [5, 5.41) is 11.0. The number of morpholine rings is 1. The Labute approximate surface area is 328 Å². The molecule has 5 aliphatic carbocycles. The van der Waals surface area contributed by atoms with Gasteiger partial charge in [0.2, 0.25) is 0 Å². The molecule has 8 fully saturated rings. The number of ether oxygens (including phenoxy) is 5. The molecule has 12 unspecified atom stereocenters. The highest BCUT2D eigenvalue weighted by atomic mass is 16.7. The van der Waals surface area contributed by atoms with Crippen molar-refractivity contribution in [1.82, 2.24) is 9.80 Å². The summed E-state index contributed by atoms with van der Waals surface area (Å²) in [5.41, 5.74) is 4.68. The Morgan fingerprint density at radius 2 is 1.65 bits per heavy atom. The number of hydrogen-bond acceptors (Lipinski definition) is 11. The predicted molar refractivity (Wildman–Crippen MR) is 204 cm³/mol. The van der Waals surface area contributed by atoms with Crippen LogP contribution in [-0.4, -0.2) is 120 Å². The minimum atomic E-state index is -1.31. The lowest BCUT2D eigenvalue weighted by Crippen LogP contribution is -2.68. The van der Waals surface area contributed by atoms with Gasteiger partial charge in [0.05, 0.1) is 30.0 Å². The van der Waals surface area contributed by atoms with Crippen molar-refractivity contribution in [3.8, 4) is 0 Å². The van der Waals surface area contributed by atoms with E-state index >= 15 is 0 Å². The van der Waals surface area contributed by atoms with Crippen LogP contribution in [0.15, 0.2) is 0 Å². The Bertz CT molecular complexity index is 1550. The van der Waals surface area contributed by atoms with Crippen molar-refractivity contribution in [2.75, 3.05) is 39.3 Å². The van der Waals surface area contributed by atoms with Gasteiger partial charge in [0.1, 0.15) is 11.7 Å². The maximum absolute atomic E-state index is 14.8. The highest BCUT2D eigenvalue weighted by Crippen LogP contribution is 2.87. The molecule has 8 rings (SSSR count). The number of ketones is 1. The number of fused-ring (bicyclic) bond motifs is 4. The number of hydrogen-bond donors (Lipinski definition) is 2. The lowest BCUT2D eigenvalue weighted by atomic mass is 9.44. The molecule has 12 atom stereocenters. The summed E-state index contributed by atoms with van der Waals surface area (Å²) >= 11 is 0. The Balaban J connectivity index is 0.921. The fraction of sp³-hybridized carbons (Fsp3) is 0.930. The topological polar surface area (TPSA) is 150 Å². The zero-order valence-corrected chi connectivity index (χ0v) is 35.0. The Kier molecular flexibility index (Phi) is 9.51. The normalized spacial score (nSPS) is 44.5. The number of aliphatic hydroxyl groups is 1. The number of nitrogens with zero attached hydrogens (tertiary/aromatic N) is 2. The number of esters is 1. The zero-order valence-electron chi connectivity index (χ0n) is 35.0. The van der Waals surface area contributed by atoms with Gasteiger partial charge in [-0.2, -0.15) is 0 Å². The van der Waals surface area contributed by atoms with E-state index in [0.29, 0.717) is 24.9 Å². The lowest BCUT2D eigenvalue weighted by Gasteiger charge is -2.62. The summed E-state index contributed by atoms with van der Waals surface area (Å²) in [6.07, 6.45) is 6.02. The first-order valence-electron chi connectivity index (χ1n) is 21.4. The molecule has 1 amide bonds. The van der Waals surface area contributed by atoms with Gasteiger partial charge in [0.25, 0.3) is 0 Å². The Hall–Kier alpha value is -1.83. The second-order valence-electron chi connectivity index (χ2n) is 21.6. The van der Waals surface area contributed by atoms with Crippen molar-refractivity contribution in [3.63, 3.8) is 0 Å². The van der Waals surface area contributed by atoms with Crippen molar-refractivity contribution >= 4 is 17.8 Å². The summed E-state index contributed by atoms with van der Waals surface area (Å²) < 4.78 is 31.0. The van der Waals surface area contributed by atoms with Crippen LogP contribution in [0.25, 0.3) is 0 Å². The molecule has 2 spiro atoms. The minimum absolute atomic E-state index is 0.00893. The molecular formula is C43H69N3O9. The maximum atomic E-state index is 14.8. The molecule has 0 bridgehead atoms. The van der Waals surface area contributed by atoms with Gasteiger partial charge < -0.3 is 39.4 Å². The fourth-order valence-electron chi connectivity index (χ4n) is 14.1. The standard InChI is InChI=1S/C43H69N3O9/c1-25(47)52-35(39(7,8)50)28-11-10-27-33(53-28)34(48)43(44)30-13-12-29-38(5,6)31(14-15-41(29)24-42(30,41)17-16-40(27,43)9)54-32-23-45(18-19-51-32)20-26-21-46(22-26)36(49)55-37(2,3)4/h26-33,35,50H,10-24,44H2,1-9H3. The fourth-order valence-corrected chi connectivity index (χ4v) is 14.1. The van der Waals surface area contributed by atoms with Crippen LogP contribution < -0.4 is 5.73 Å². The SMILES string of the molecule is CC(=O)OC(C1CCC2C(O1)C(=O)C1(N)C3CCC4C(C)(C)C(OC5CN(CC6CN(C(=O)OC(C)(C)C)C6)CCO5)CCC45CC35CCC21C)C(C)(C)O. The van der Waals surface area contributed by atoms with Crippen LogP contribution in [0.3, 0.4) is 0 Å². The average molecular weight is 772 g/mol. The molecule has 55 heavy (non-hydrogen) atoms. The van der Waals surface area contributed by atoms with Crippen LogP contribution in [0, 0.1) is 45.3 Å². The third-order valence-electron chi connectivity index (χ3n) is 16.6. The molecule has 3 N–H and O–H groups in total. The van der Waals surface area contributed by atoms with E-state index in [1.54, 1.807) is 18.7 Å². The molecular weight excluding hydrogens is 702 g/mol. The molecule has 310 valence electrons. The van der Waals surface area contributed by atoms with Crippen LogP contribution in [0.1, 0.15) is 120 Å². The van der Waals surface area contributed by atoms with Crippen molar-refractivity contribution < 1.29 is 43.2 Å². The minimum Gasteiger partial charge on any atom is -0.457 e. The number of rotatable bonds is 7. The highest BCUT2D eigenvalue weighted by molar-refractivity contribution is 5.97. The molecule has 3 heterocycles. The van der Waals surface area contributed by atoms with Crippen LogP contribution in [0.5, 0.6) is 0 Å². The van der Waals surface area contributed by atoms with Gasteiger partial charge in [-0.15, -0.1) is 0 Å². The van der Waals surface area contributed by atoms with Crippen LogP contribution in [0.2, 0.25) is 0 Å². The number of likely N-dealkylation sites (tertiary alicyclic amines) is 1. The van der Waals surface area contributed by atoms with Crippen molar-refractivity contribution in [1.29, 1.82) is 0 Å². The van der Waals surface area contributed by atoms with E-state index < -0.39 is 41.0 Å². The average Bonchev–Trinajstić information content (AvgIpc) is 3.70. The van der Waals surface area contributed by atoms with Gasteiger partial charge in [-0.25, -0.2) is 4.79 Å². The number of Topliss-reactive ketones (excluding diaryl/α,β-unsaturated/α-hetero) is 1. The van der Waals surface area contributed by atoms with Gasteiger partial charge in [0.15, 0.2) is 18.2 Å². The summed E-state index contributed by atoms with van der Waals surface area (Å²) in [4.78, 5) is 43.6. The summed E-state index contributed by atoms with van der Waals surface area (Å²) in [5.74, 6) is 0.577. The Morgan fingerprint density at radius 1 is 0.964 bits per heavy atom. The van der Waals surface area contributed by atoms with E-state index in [9.17, 15) is 19.5 Å². The van der Waals surface area contributed by atoms with Crippen LogP contribution in [-0.2, 0) is 33.3 Å². The molecule has 12 heteroatoms. The van der Waals surface area contributed by atoms with Gasteiger partial charge in [0, 0.05) is 45.6 Å². The number of carbonyl (C=O) groups is 3. The van der Waals surface area contributed by atoms with Gasteiger partial charge >= 0.3 is 12.1 Å². The third kappa shape index (κ3) is 6.15. The van der Waals surface area contributed by atoms with E-state index in [-0.39, 0.29) is 57.8 Å². The van der Waals surface area contributed by atoms with Crippen molar-refractivity contribution in [2.24, 2.45) is 51.1 Å². The van der Waals surface area contributed by atoms with E-state index in [4.69, 9.17) is 29.4 Å². The monoisotopic (exact) mass is 772 g/mol. The molecule has 8 aliphatic rings. The molecule has 3 saturated heterocycles. The molecule has 0 aromatic carbocycles. The molecule has 0 aromatic rings. The quantitative estimate of drug-likeness (QED) is 0.335. The molecule has 3 aliphatic heterocycles. The Morgan fingerprint density at radius 3 is 2.33 bits per heavy atom. The summed E-state index contributed by atoms with van der Waals surface area (Å²) in [7, 11) is 0. The van der Waals surface area contributed by atoms with E-state index in [1.807, 2.05) is 20.8 Å². The first kappa shape index (κ1) is 40.0. The third-order valence-corrected chi connectivity index (χ3v) is 16.6. The zero-order chi connectivity index (χ0) is 39.7. The molecule has 5 saturated carbocycles. The number of amides is 1. The number of nitrogens with two attached hydrogens (primary N) is 1. The summed E-state index contributed by atoms with van der Waals surface area (Å²) in [6.45, 7) is 22.0. The first-order chi connectivity index (χ1) is 25.6. The molecule has 0 radical (unpaired) electrons. The van der Waals surface area contributed by atoms with Gasteiger partial charge in [-0.05, 0) is 132 Å². The second kappa shape index (κ2) is 13.1. The molecule has 12 nitrogen and oxygen atoms in total. The highest BCUT2D eigenvalue weighted by Gasteiger charge is 2.85. The lowest BCUT2D eigenvalue weighted by molar-refractivity contribution is -0.246. The van der Waals surface area contributed by atoms with Crippen LogP contribution >= 0.6 is 0 Å². The van der Waals surface area contributed by atoms with E-state index in [0.717, 1.165) is 84.1 Å². The second-order valence-corrected chi connectivity index (χ2v) is 21.6. The van der Waals surface area contributed by atoms with Crippen molar-refractivity contribution in [2.45, 2.75) is 168 Å².